The Morgan fingerprint density at radius 1 is 1.33 bits per heavy atom. The Labute approximate surface area is 98.1 Å². The van der Waals surface area contributed by atoms with E-state index in [2.05, 4.69) is 10.7 Å². The molecule has 1 rings (SSSR count). The van der Waals surface area contributed by atoms with Gasteiger partial charge in [-0.25, -0.2) is 10.2 Å². The number of para-hydroxylation sites is 1. The van der Waals surface area contributed by atoms with Crippen LogP contribution in [0.3, 0.4) is 0 Å². The van der Waals surface area contributed by atoms with Gasteiger partial charge in [0.15, 0.2) is 0 Å². The van der Waals surface area contributed by atoms with Crippen LogP contribution >= 0.6 is 23.2 Å². The quantitative estimate of drug-likeness (QED) is 0.790. The highest BCUT2D eigenvalue weighted by atomic mass is 35.5. The molecule has 6 heteroatoms. The molecule has 0 atom stereocenters. The largest absolute Gasteiger partial charge is 0.335 e. The van der Waals surface area contributed by atoms with Crippen LogP contribution < -0.4 is 10.7 Å². The van der Waals surface area contributed by atoms with Crippen LogP contribution in [0, 0.1) is 0 Å². The Bertz CT molecular complexity index is 350. The number of carbonyl (C=O) groups excluding carboxylic acids is 1. The van der Waals surface area contributed by atoms with Crippen LogP contribution in [0.2, 0.25) is 10.0 Å². The van der Waals surface area contributed by atoms with Gasteiger partial charge < -0.3 is 5.32 Å². The predicted molar refractivity (Wildman–Crippen MR) is 62.3 cm³/mol. The Hall–Kier alpha value is -0.970. The first-order valence-electron chi connectivity index (χ1n) is 4.22. The van der Waals surface area contributed by atoms with Gasteiger partial charge in [-0.1, -0.05) is 29.3 Å². The molecule has 0 aliphatic rings. The van der Waals surface area contributed by atoms with Gasteiger partial charge in [0.1, 0.15) is 0 Å². The summed E-state index contributed by atoms with van der Waals surface area (Å²) in [5, 5.41) is 4.67. The molecule has 0 fully saturated rings. The first-order valence-corrected chi connectivity index (χ1v) is 4.98. The molecule has 0 saturated heterocycles. The van der Waals surface area contributed by atoms with Gasteiger partial charge in [0.25, 0.3) is 0 Å². The minimum atomic E-state index is -0.340. The molecule has 82 valence electrons. The van der Waals surface area contributed by atoms with Crippen LogP contribution in [-0.4, -0.2) is 25.1 Å². The summed E-state index contributed by atoms with van der Waals surface area (Å²) in [6, 6.07) is 4.68. The second kappa shape index (κ2) is 5.21. The minimum absolute atomic E-state index is 0.340. The maximum atomic E-state index is 11.5. The van der Waals surface area contributed by atoms with Crippen molar-refractivity contribution >= 4 is 34.9 Å². The summed E-state index contributed by atoms with van der Waals surface area (Å²) in [4.78, 5) is 11.5. The summed E-state index contributed by atoms with van der Waals surface area (Å²) in [5.74, 6) is 0. The molecule has 0 aromatic heterocycles. The Kier molecular flexibility index (Phi) is 4.20. The van der Waals surface area contributed by atoms with E-state index in [-0.39, 0.29) is 6.03 Å². The Balaban J connectivity index is 2.85. The van der Waals surface area contributed by atoms with Crippen molar-refractivity contribution < 1.29 is 4.79 Å². The van der Waals surface area contributed by atoms with Crippen molar-refractivity contribution in [3.63, 3.8) is 0 Å². The van der Waals surface area contributed by atoms with Gasteiger partial charge in [0.2, 0.25) is 0 Å². The molecule has 0 unspecified atom stereocenters. The Morgan fingerprint density at radius 3 is 2.33 bits per heavy atom. The van der Waals surface area contributed by atoms with Gasteiger partial charge in [-0.05, 0) is 12.1 Å². The number of carbonyl (C=O) groups is 1. The molecule has 4 nitrogen and oxygen atoms in total. The lowest BCUT2D eigenvalue weighted by Crippen LogP contribution is -2.39. The molecule has 0 saturated carbocycles. The smallest absolute Gasteiger partial charge is 0.304 e. The van der Waals surface area contributed by atoms with E-state index in [0.717, 1.165) is 0 Å². The van der Waals surface area contributed by atoms with Crippen LogP contribution in [0.15, 0.2) is 18.2 Å². The fraction of sp³-hybridized carbons (Fsp3) is 0.222. The van der Waals surface area contributed by atoms with E-state index in [4.69, 9.17) is 23.2 Å². The summed E-state index contributed by atoms with van der Waals surface area (Å²) < 4.78 is 0. The highest BCUT2D eigenvalue weighted by Gasteiger charge is 2.11. The topological polar surface area (TPSA) is 44.4 Å². The first-order chi connectivity index (χ1) is 7.06. The van der Waals surface area contributed by atoms with Crippen molar-refractivity contribution in [1.29, 1.82) is 0 Å². The number of benzene rings is 1. The van der Waals surface area contributed by atoms with Crippen molar-refractivity contribution in [2.24, 2.45) is 0 Å². The number of rotatable bonds is 2. The molecule has 2 amide bonds. The van der Waals surface area contributed by atoms with E-state index in [1.807, 2.05) is 0 Å². The summed E-state index contributed by atoms with van der Waals surface area (Å²) in [7, 11) is 3.22. The lowest BCUT2D eigenvalue weighted by molar-refractivity contribution is 0.207. The fourth-order valence-electron chi connectivity index (χ4n) is 0.910. The van der Waals surface area contributed by atoms with Crippen molar-refractivity contribution in [1.82, 2.24) is 10.4 Å². The molecule has 0 heterocycles. The number of hydrogen-bond acceptors (Lipinski definition) is 2. The maximum Gasteiger partial charge on any atom is 0.335 e. The minimum Gasteiger partial charge on any atom is -0.304 e. The lowest BCUT2D eigenvalue weighted by atomic mass is 10.3. The number of hydrogen-bond donors (Lipinski definition) is 2. The number of nitrogens with zero attached hydrogens (tertiary/aromatic N) is 1. The number of halogens is 2. The number of nitrogens with one attached hydrogen (secondary N) is 2. The SMILES string of the molecule is CNN(C)C(=O)Nc1c(Cl)cccc1Cl. The molecule has 0 radical (unpaired) electrons. The lowest BCUT2D eigenvalue weighted by Gasteiger charge is -2.17. The maximum absolute atomic E-state index is 11.5. The van der Waals surface area contributed by atoms with Gasteiger partial charge in [-0.15, -0.1) is 0 Å². The predicted octanol–water partition coefficient (Wildman–Crippen LogP) is 2.59. The Morgan fingerprint density at radius 2 is 1.87 bits per heavy atom. The van der Waals surface area contributed by atoms with Crippen LogP contribution in [-0.2, 0) is 0 Å². The molecule has 1 aromatic rings. The van der Waals surface area contributed by atoms with Crippen molar-refractivity contribution in [3.05, 3.63) is 28.2 Å². The summed E-state index contributed by atoms with van der Waals surface area (Å²) >= 11 is 11.8. The average Bonchev–Trinajstić information content (AvgIpc) is 2.22. The zero-order valence-corrected chi connectivity index (χ0v) is 9.86. The third-order valence-corrected chi connectivity index (χ3v) is 2.46. The van der Waals surface area contributed by atoms with E-state index in [1.165, 1.54) is 5.01 Å². The standard InChI is InChI=1S/C9H11Cl2N3O/c1-12-14(2)9(15)13-8-6(10)4-3-5-7(8)11/h3-5,12H,1-2H3,(H,13,15). The molecule has 0 aliphatic carbocycles. The highest BCUT2D eigenvalue weighted by Crippen LogP contribution is 2.29. The van der Waals surface area contributed by atoms with E-state index >= 15 is 0 Å². The first kappa shape index (κ1) is 12.1. The van der Waals surface area contributed by atoms with Crippen LogP contribution in [0.4, 0.5) is 10.5 Å². The third kappa shape index (κ3) is 2.99. The molecule has 1 aromatic carbocycles. The van der Waals surface area contributed by atoms with Gasteiger partial charge in [-0.3, -0.25) is 5.01 Å². The van der Waals surface area contributed by atoms with Gasteiger partial charge in [-0.2, -0.15) is 0 Å². The summed E-state index contributed by atoms with van der Waals surface area (Å²) in [5.41, 5.74) is 3.07. The van der Waals surface area contributed by atoms with E-state index < -0.39 is 0 Å². The molecule has 2 N–H and O–H groups in total. The van der Waals surface area contributed by atoms with Crippen LogP contribution in [0.25, 0.3) is 0 Å². The second-order valence-corrected chi connectivity index (χ2v) is 3.62. The molecule has 0 spiro atoms. The third-order valence-electron chi connectivity index (χ3n) is 1.83. The van der Waals surface area contributed by atoms with Gasteiger partial charge in [0.05, 0.1) is 15.7 Å². The van der Waals surface area contributed by atoms with Crippen molar-refractivity contribution in [2.45, 2.75) is 0 Å². The zero-order chi connectivity index (χ0) is 11.4. The fourth-order valence-corrected chi connectivity index (χ4v) is 1.40. The molecule has 15 heavy (non-hydrogen) atoms. The molecule has 0 aliphatic heterocycles. The van der Waals surface area contributed by atoms with E-state index in [9.17, 15) is 4.79 Å². The average molecular weight is 248 g/mol. The molecular formula is C9H11Cl2N3O. The summed E-state index contributed by atoms with van der Waals surface area (Å²) in [6.07, 6.45) is 0. The van der Waals surface area contributed by atoms with E-state index in [0.29, 0.717) is 15.7 Å². The molecule has 0 bridgehead atoms. The molecular weight excluding hydrogens is 237 g/mol. The van der Waals surface area contributed by atoms with E-state index in [1.54, 1.807) is 32.3 Å². The highest BCUT2D eigenvalue weighted by molar-refractivity contribution is 6.39. The van der Waals surface area contributed by atoms with Gasteiger partial charge in [0, 0.05) is 14.1 Å². The number of amides is 2. The number of anilines is 1. The van der Waals surface area contributed by atoms with Crippen molar-refractivity contribution in [3.8, 4) is 0 Å². The normalized spacial score (nSPS) is 9.87. The second-order valence-electron chi connectivity index (χ2n) is 2.81. The summed E-state index contributed by atoms with van der Waals surface area (Å²) in [6.45, 7) is 0. The number of urea groups is 1. The van der Waals surface area contributed by atoms with Crippen LogP contribution in [0.5, 0.6) is 0 Å². The van der Waals surface area contributed by atoms with Crippen molar-refractivity contribution in [2.75, 3.05) is 19.4 Å². The monoisotopic (exact) mass is 247 g/mol. The van der Waals surface area contributed by atoms with Crippen LogP contribution in [0.1, 0.15) is 0 Å². The van der Waals surface area contributed by atoms with Gasteiger partial charge >= 0.3 is 6.03 Å². The number of hydrazine groups is 1. The zero-order valence-electron chi connectivity index (χ0n) is 8.34.